The van der Waals surface area contributed by atoms with E-state index in [1.807, 2.05) is 24.3 Å². The maximum Gasteiger partial charge on any atom is 0.333 e. The maximum atomic E-state index is 12.1. The van der Waals surface area contributed by atoms with Gasteiger partial charge in [-0.25, -0.2) is 4.79 Å². The molecule has 3 rings (SSSR count). The molecule has 6 heteroatoms. The van der Waals surface area contributed by atoms with Crippen LogP contribution in [0.15, 0.2) is 48.5 Å². The standard InChI is InChI=1S/C19H16ClNO4/c20-14-11-9-13(10-12-14)5-1-4-8-17(22)25-21-18(23)15-6-2-3-7-16(15)19(21)24/h2-3,6-7,9-12H,1,4-5,8H2. The van der Waals surface area contributed by atoms with Crippen molar-refractivity contribution < 1.29 is 19.2 Å². The molecule has 2 aromatic carbocycles. The molecule has 0 spiro atoms. The quantitative estimate of drug-likeness (QED) is 0.582. The lowest BCUT2D eigenvalue weighted by atomic mass is 10.1. The van der Waals surface area contributed by atoms with E-state index in [-0.39, 0.29) is 17.5 Å². The zero-order chi connectivity index (χ0) is 17.8. The average molecular weight is 358 g/mol. The molecule has 128 valence electrons. The van der Waals surface area contributed by atoms with Gasteiger partial charge in [-0.2, -0.15) is 0 Å². The molecule has 2 aromatic rings. The summed E-state index contributed by atoms with van der Waals surface area (Å²) in [5.41, 5.74) is 1.64. The number of hydrogen-bond donors (Lipinski definition) is 0. The Bertz CT molecular complexity index is 781. The highest BCUT2D eigenvalue weighted by Gasteiger charge is 2.38. The van der Waals surface area contributed by atoms with Crippen LogP contribution >= 0.6 is 11.6 Å². The third kappa shape index (κ3) is 3.88. The number of halogens is 1. The molecular weight excluding hydrogens is 342 g/mol. The first-order valence-corrected chi connectivity index (χ1v) is 8.37. The van der Waals surface area contributed by atoms with Gasteiger partial charge in [0.25, 0.3) is 11.8 Å². The Labute approximate surface area is 150 Å². The van der Waals surface area contributed by atoms with Gasteiger partial charge in [-0.15, -0.1) is 0 Å². The first kappa shape index (κ1) is 17.2. The SMILES string of the molecule is O=C(CCCCc1ccc(Cl)cc1)ON1C(=O)c2ccccc2C1=O. The van der Waals surface area contributed by atoms with Gasteiger partial charge < -0.3 is 4.84 Å². The average Bonchev–Trinajstić information content (AvgIpc) is 2.86. The number of carbonyl (C=O) groups is 3. The molecule has 0 fully saturated rings. The van der Waals surface area contributed by atoms with E-state index < -0.39 is 17.8 Å². The molecule has 0 saturated carbocycles. The predicted octanol–water partition coefficient (Wildman–Crippen LogP) is 3.81. The minimum absolute atomic E-state index is 0.140. The molecule has 5 nitrogen and oxygen atoms in total. The van der Waals surface area contributed by atoms with E-state index in [9.17, 15) is 14.4 Å². The number of nitrogens with zero attached hydrogens (tertiary/aromatic N) is 1. The van der Waals surface area contributed by atoms with E-state index in [1.165, 1.54) is 12.1 Å². The second-order valence-corrected chi connectivity index (χ2v) is 6.18. The van der Waals surface area contributed by atoms with Gasteiger partial charge in [-0.1, -0.05) is 40.9 Å². The summed E-state index contributed by atoms with van der Waals surface area (Å²) < 4.78 is 0. The van der Waals surface area contributed by atoms with E-state index in [2.05, 4.69) is 0 Å². The first-order chi connectivity index (χ1) is 12.1. The maximum absolute atomic E-state index is 12.1. The third-order valence-corrected chi connectivity index (χ3v) is 4.21. The van der Waals surface area contributed by atoms with Crippen LogP contribution in [-0.2, 0) is 16.1 Å². The molecule has 0 radical (unpaired) electrons. The summed E-state index contributed by atoms with van der Waals surface area (Å²) in [6.07, 6.45) is 2.35. The van der Waals surface area contributed by atoms with Gasteiger partial charge in [0.2, 0.25) is 0 Å². The second kappa shape index (κ2) is 7.49. The number of carbonyl (C=O) groups excluding carboxylic acids is 3. The van der Waals surface area contributed by atoms with Crippen LogP contribution in [0.5, 0.6) is 0 Å². The van der Waals surface area contributed by atoms with Gasteiger partial charge >= 0.3 is 5.97 Å². The summed E-state index contributed by atoms with van der Waals surface area (Å²) in [7, 11) is 0. The molecule has 25 heavy (non-hydrogen) atoms. The van der Waals surface area contributed by atoms with E-state index in [1.54, 1.807) is 12.1 Å². The van der Waals surface area contributed by atoms with Gasteiger partial charge in [-0.3, -0.25) is 9.59 Å². The molecule has 0 saturated heterocycles. The van der Waals surface area contributed by atoms with Crippen molar-refractivity contribution in [1.82, 2.24) is 5.06 Å². The van der Waals surface area contributed by atoms with Crippen molar-refractivity contribution in [3.8, 4) is 0 Å². The van der Waals surface area contributed by atoms with Crippen LogP contribution < -0.4 is 0 Å². The molecule has 0 aliphatic carbocycles. The smallest absolute Gasteiger partial charge is 0.330 e. The molecule has 1 aliphatic heterocycles. The van der Waals surface area contributed by atoms with Gasteiger partial charge in [0.05, 0.1) is 11.1 Å². The Balaban J connectivity index is 1.46. The van der Waals surface area contributed by atoms with Crippen LogP contribution in [0.25, 0.3) is 0 Å². The number of amides is 2. The van der Waals surface area contributed by atoms with Crippen LogP contribution in [0.1, 0.15) is 45.5 Å². The summed E-state index contributed by atoms with van der Waals surface area (Å²) in [6, 6.07) is 13.9. The monoisotopic (exact) mass is 357 g/mol. The number of benzene rings is 2. The van der Waals surface area contributed by atoms with Crippen LogP contribution in [0.3, 0.4) is 0 Å². The van der Waals surface area contributed by atoms with Gasteiger partial charge in [0.1, 0.15) is 0 Å². The third-order valence-electron chi connectivity index (χ3n) is 3.96. The number of hydrogen-bond acceptors (Lipinski definition) is 4. The summed E-state index contributed by atoms with van der Waals surface area (Å²) in [6.45, 7) is 0. The number of unbranched alkanes of at least 4 members (excludes halogenated alkanes) is 1. The lowest BCUT2D eigenvalue weighted by Gasteiger charge is -2.12. The van der Waals surface area contributed by atoms with Crippen molar-refractivity contribution >= 4 is 29.4 Å². The van der Waals surface area contributed by atoms with Crippen molar-refractivity contribution in [2.75, 3.05) is 0 Å². The van der Waals surface area contributed by atoms with Crippen LogP contribution in [0.4, 0.5) is 0 Å². The molecule has 0 atom stereocenters. The Hall–Kier alpha value is -2.66. The topological polar surface area (TPSA) is 63.7 Å². The summed E-state index contributed by atoms with van der Waals surface area (Å²) >= 11 is 5.83. The predicted molar refractivity (Wildman–Crippen MR) is 92.0 cm³/mol. The fourth-order valence-electron chi connectivity index (χ4n) is 2.65. The minimum Gasteiger partial charge on any atom is -0.330 e. The van der Waals surface area contributed by atoms with Crippen LogP contribution in [-0.4, -0.2) is 22.8 Å². The normalized spacial score (nSPS) is 13.1. The van der Waals surface area contributed by atoms with E-state index in [0.29, 0.717) is 16.5 Å². The molecule has 2 amide bonds. The highest BCUT2D eigenvalue weighted by molar-refractivity contribution is 6.30. The fourth-order valence-corrected chi connectivity index (χ4v) is 2.77. The molecule has 0 aromatic heterocycles. The lowest BCUT2D eigenvalue weighted by Crippen LogP contribution is -2.32. The summed E-state index contributed by atoms with van der Waals surface area (Å²) in [4.78, 5) is 41.1. The van der Waals surface area contributed by atoms with Gasteiger partial charge in [-0.05, 0) is 49.1 Å². The Morgan fingerprint density at radius 3 is 2.12 bits per heavy atom. The molecule has 0 bridgehead atoms. The Morgan fingerprint density at radius 2 is 1.52 bits per heavy atom. The molecule has 1 aliphatic rings. The number of rotatable bonds is 6. The number of fused-ring (bicyclic) bond motifs is 1. The molecule has 0 N–H and O–H groups in total. The Kier molecular flexibility index (Phi) is 5.14. The summed E-state index contributed by atoms with van der Waals surface area (Å²) in [5, 5.41) is 1.24. The highest BCUT2D eigenvalue weighted by atomic mass is 35.5. The molecular formula is C19H16ClNO4. The number of aryl methyl sites for hydroxylation is 1. The van der Waals surface area contributed by atoms with Gasteiger partial charge in [0.15, 0.2) is 0 Å². The second-order valence-electron chi connectivity index (χ2n) is 5.75. The number of hydroxylamine groups is 2. The Morgan fingerprint density at radius 1 is 0.920 bits per heavy atom. The zero-order valence-electron chi connectivity index (χ0n) is 13.4. The largest absolute Gasteiger partial charge is 0.333 e. The summed E-state index contributed by atoms with van der Waals surface area (Å²) in [5.74, 6) is -1.80. The lowest BCUT2D eigenvalue weighted by molar-refractivity contribution is -0.168. The van der Waals surface area contributed by atoms with Crippen molar-refractivity contribution in [3.63, 3.8) is 0 Å². The van der Waals surface area contributed by atoms with E-state index in [0.717, 1.165) is 18.4 Å². The van der Waals surface area contributed by atoms with Crippen molar-refractivity contribution in [2.24, 2.45) is 0 Å². The number of imide groups is 1. The van der Waals surface area contributed by atoms with Crippen molar-refractivity contribution in [1.29, 1.82) is 0 Å². The van der Waals surface area contributed by atoms with Crippen LogP contribution in [0, 0.1) is 0 Å². The first-order valence-electron chi connectivity index (χ1n) is 7.99. The zero-order valence-corrected chi connectivity index (χ0v) is 14.2. The molecule has 0 unspecified atom stereocenters. The van der Waals surface area contributed by atoms with Gasteiger partial charge in [0, 0.05) is 11.4 Å². The fraction of sp³-hybridized carbons (Fsp3) is 0.211. The highest BCUT2D eigenvalue weighted by Crippen LogP contribution is 2.23. The van der Waals surface area contributed by atoms with E-state index >= 15 is 0 Å². The van der Waals surface area contributed by atoms with Crippen molar-refractivity contribution in [2.45, 2.75) is 25.7 Å². The van der Waals surface area contributed by atoms with Crippen LogP contribution in [0.2, 0.25) is 5.02 Å². The van der Waals surface area contributed by atoms with E-state index in [4.69, 9.17) is 16.4 Å². The van der Waals surface area contributed by atoms with Crippen molar-refractivity contribution in [3.05, 3.63) is 70.2 Å². The minimum atomic E-state index is -0.602. The molecule has 1 heterocycles.